The van der Waals surface area contributed by atoms with E-state index < -0.39 is 11.1 Å². The summed E-state index contributed by atoms with van der Waals surface area (Å²) in [5.41, 5.74) is -0.0476. The van der Waals surface area contributed by atoms with Crippen molar-refractivity contribution < 1.29 is 0 Å². The van der Waals surface area contributed by atoms with Crippen LogP contribution in [0.5, 0.6) is 0 Å². The molecule has 1 aromatic heterocycles. The first-order chi connectivity index (χ1) is 7.52. The number of fused-ring (bicyclic) bond motifs is 1. The van der Waals surface area contributed by atoms with Crippen molar-refractivity contribution in [3.05, 3.63) is 43.9 Å². The standard InChI is InChI=1S/C11H11ClN2O2/c1-6(2)14-8-5-3-4-7(12)9(8)13-10(15)11(14)16/h3-6H,1-2H3,(H,13,15). The fraction of sp³-hybridized carbons (Fsp3) is 0.273. The van der Waals surface area contributed by atoms with Crippen LogP contribution in [0, 0.1) is 0 Å². The summed E-state index contributed by atoms with van der Waals surface area (Å²) >= 11 is 5.97. The van der Waals surface area contributed by atoms with Gasteiger partial charge in [0, 0.05) is 6.04 Å². The second kappa shape index (κ2) is 3.79. The van der Waals surface area contributed by atoms with Crippen LogP contribution in [0.1, 0.15) is 19.9 Å². The Morgan fingerprint density at radius 3 is 2.62 bits per heavy atom. The average molecular weight is 239 g/mol. The van der Waals surface area contributed by atoms with Crippen molar-refractivity contribution in [3.63, 3.8) is 0 Å². The fourth-order valence-electron chi connectivity index (χ4n) is 1.74. The summed E-state index contributed by atoms with van der Waals surface area (Å²) in [4.78, 5) is 25.7. The van der Waals surface area contributed by atoms with E-state index in [1.807, 2.05) is 13.8 Å². The summed E-state index contributed by atoms with van der Waals surface area (Å²) in [6.07, 6.45) is 0. The predicted molar refractivity (Wildman–Crippen MR) is 64.2 cm³/mol. The fourth-order valence-corrected chi connectivity index (χ4v) is 1.95. The SMILES string of the molecule is CC(C)n1c(=O)c(=O)[nH]c2c(Cl)cccc21. The van der Waals surface area contributed by atoms with Crippen molar-refractivity contribution in [2.24, 2.45) is 0 Å². The van der Waals surface area contributed by atoms with Crippen LogP contribution in [0.2, 0.25) is 5.02 Å². The first kappa shape index (κ1) is 11.0. The molecule has 1 heterocycles. The van der Waals surface area contributed by atoms with E-state index in [4.69, 9.17) is 11.6 Å². The number of benzene rings is 1. The molecule has 0 aliphatic heterocycles. The topological polar surface area (TPSA) is 54.9 Å². The van der Waals surface area contributed by atoms with Gasteiger partial charge >= 0.3 is 11.1 Å². The minimum absolute atomic E-state index is 0.0873. The van der Waals surface area contributed by atoms with Crippen molar-refractivity contribution in [2.75, 3.05) is 0 Å². The molecule has 0 fully saturated rings. The van der Waals surface area contributed by atoms with Crippen molar-refractivity contribution in [1.29, 1.82) is 0 Å². The molecule has 0 spiro atoms. The van der Waals surface area contributed by atoms with Crippen molar-refractivity contribution in [1.82, 2.24) is 9.55 Å². The number of nitrogens with zero attached hydrogens (tertiary/aromatic N) is 1. The summed E-state index contributed by atoms with van der Waals surface area (Å²) < 4.78 is 1.44. The van der Waals surface area contributed by atoms with E-state index >= 15 is 0 Å². The molecule has 0 saturated carbocycles. The Balaban J connectivity index is 3.07. The number of para-hydroxylation sites is 1. The number of aromatic amines is 1. The second-order valence-electron chi connectivity index (χ2n) is 3.86. The number of aromatic nitrogens is 2. The molecule has 0 radical (unpaired) electrons. The van der Waals surface area contributed by atoms with E-state index in [1.54, 1.807) is 18.2 Å². The first-order valence-corrected chi connectivity index (χ1v) is 5.33. The monoisotopic (exact) mass is 238 g/mol. The Labute approximate surface area is 96.5 Å². The molecule has 2 aromatic rings. The van der Waals surface area contributed by atoms with Gasteiger partial charge < -0.3 is 4.98 Å². The maximum Gasteiger partial charge on any atom is 0.316 e. The molecular weight excluding hydrogens is 228 g/mol. The van der Waals surface area contributed by atoms with Crippen LogP contribution in [0.4, 0.5) is 0 Å². The molecule has 0 aliphatic rings. The van der Waals surface area contributed by atoms with Crippen LogP contribution in [-0.2, 0) is 0 Å². The highest BCUT2D eigenvalue weighted by Gasteiger charge is 2.11. The lowest BCUT2D eigenvalue weighted by atomic mass is 10.2. The van der Waals surface area contributed by atoms with Gasteiger partial charge in [-0.05, 0) is 26.0 Å². The predicted octanol–water partition coefficient (Wildman–Crippen LogP) is 1.92. The molecule has 5 heteroatoms. The van der Waals surface area contributed by atoms with Gasteiger partial charge in [0.2, 0.25) is 0 Å². The molecule has 0 amide bonds. The smallest absolute Gasteiger partial charge is 0.315 e. The van der Waals surface area contributed by atoms with Crippen molar-refractivity contribution >= 4 is 22.6 Å². The molecule has 84 valence electrons. The number of halogens is 1. The molecule has 4 nitrogen and oxygen atoms in total. The van der Waals surface area contributed by atoms with E-state index in [9.17, 15) is 9.59 Å². The Hall–Kier alpha value is -1.55. The van der Waals surface area contributed by atoms with Crippen LogP contribution < -0.4 is 11.1 Å². The normalized spacial score (nSPS) is 11.2. The third-order valence-electron chi connectivity index (χ3n) is 2.42. The van der Waals surface area contributed by atoms with Gasteiger partial charge in [0.1, 0.15) is 0 Å². The Kier molecular flexibility index (Phi) is 2.59. The van der Waals surface area contributed by atoms with Gasteiger partial charge in [-0.1, -0.05) is 17.7 Å². The average Bonchev–Trinajstić information content (AvgIpc) is 2.21. The van der Waals surface area contributed by atoms with E-state index in [-0.39, 0.29) is 6.04 Å². The minimum Gasteiger partial charge on any atom is -0.315 e. The molecule has 1 N–H and O–H groups in total. The third-order valence-corrected chi connectivity index (χ3v) is 2.73. The van der Waals surface area contributed by atoms with Crippen LogP contribution in [0.25, 0.3) is 11.0 Å². The molecule has 0 saturated heterocycles. The van der Waals surface area contributed by atoms with E-state index in [1.165, 1.54) is 4.57 Å². The molecule has 16 heavy (non-hydrogen) atoms. The molecule has 0 atom stereocenters. The highest BCUT2D eigenvalue weighted by molar-refractivity contribution is 6.34. The van der Waals surface area contributed by atoms with E-state index in [0.29, 0.717) is 16.1 Å². The molecular formula is C11H11ClN2O2. The van der Waals surface area contributed by atoms with Crippen LogP contribution in [-0.4, -0.2) is 9.55 Å². The number of hydrogen-bond acceptors (Lipinski definition) is 2. The maximum atomic E-state index is 11.7. The summed E-state index contributed by atoms with van der Waals surface area (Å²) in [5, 5.41) is 0.434. The van der Waals surface area contributed by atoms with E-state index in [2.05, 4.69) is 4.98 Å². The minimum atomic E-state index is -0.644. The quantitative estimate of drug-likeness (QED) is 0.772. The lowest BCUT2D eigenvalue weighted by Crippen LogP contribution is -2.37. The molecule has 0 bridgehead atoms. The maximum absolute atomic E-state index is 11.7. The van der Waals surface area contributed by atoms with Gasteiger partial charge in [-0.25, -0.2) is 0 Å². The van der Waals surface area contributed by atoms with Gasteiger partial charge in [-0.3, -0.25) is 14.2 Å². The molecule has 0 unspecified atom stereocenters. The second-order valence-corrected chi connectivity index (χ2v) is 4.26. The molecule has 1 aromatic carbocycles. The Bertz CT molecular complexity index is 655. The highest BCUT2D eigenvalue weighted by atomic mass is 35.5. The third kappa shape index (κ3) is 1.55. The Morgan fingerprint density at radius 2 is 2.00 bits per heavy atom. The van der Waals surface area contributed by atoms with Crippen molar-refractivity contribution in [3.8, 4) is 0 Å². The van der Waals surface area contributed by atoms with Crippen molar-refractivity contribution in [2.45, 2.75) is 19.9 Å². The van der Waals surface area contributed by atoms with Crippen LogP contribution in [0.3, 0.4) is 0 Å². The largest absolute Gasteiger partial charge is 0.316 e. The highest BCUT2D eigenvalue weighted by Crippen LogP contribution is 2.20. The number of rotatable bonds is 1. The lowest BCUT2D eigenvalue weighted by molar-refractivity contribution is 0.593. The summed E-state index contributed by atoms with van der Waals surface area (Å²) in [6.45, 7) is 3.70. The molecule has 0 aliphatic carbocycles. The van der Waals surface area contributed by atoms with E-state index in [0.717, 1.165) is 0 Å². The Morgan fingerprint density at radius 1 is 1.31 bits per heavy atom. The van der Waals surface area contributed by atoms with Gasteiger partial charge in [-0.15, -0.1) is 0 Å². The summed E-state index contributed by atoms with van der Waals surface area (Å²) in [5.74, 6) is 0. The van der Waals surface area contributed by atoms with Gasteiger partial charge in [0.05, 0.1) is 16.1 Å². The van der Waals surface area contributed by atoms with Gasteiger partial charge in [-0.2, -0.15) is 0 Å². The van der Waals surface area contributed by atoms with Gasteiger partial charge in [0.15, 0.2) is 0 Å². The zero-order valence-corrected chi connectivity index (χ0v) is 9.71. The molecule has 2 rings (SSSR count). The zero-order valence-electron chi connectivity index (χ0n) is 8.95. The number of H-pyrrole nitrogens is 1. The number of hydrogen-bond donors (Lipinski definition) is 1. The van der Waals surface area contributed by atoms with Crippen LogP contribution >= 0.6 is 11.6 Å². The lowest BCUT2D eigenvalue weighted by Gasteiger charge is -2.13. The number of nitrogens with one attached hydrogen (secondary N) is 1. The summed E-state index contributed by atoms with van der Waals surface area (Å²) in [6, 6.07) is 5.10. The van der Waals surface area contributed by atoms with Gasteiger partial charge in [0.25, 0.3) is 0 Å². The summed E-state index contributed by atoms with van der Waals surface area (Å²) in [7, 11) is 0. The van der Waals surface area contributed by atoms with Crippen LogP contribution in [0.15, 0.2) is 27.8 Å². The zero-order chi connectivity index (χ0) is 11.9. The first-order valence-electron chi connectivity index (χ1n) is 4.95.